The van der Waals surface area contributed by atoms with Crippen LogP contribution in [0.2, 0.25) is 5.02 Å². The van der Waals surface area contributed by atoms with E-state index in [1.165, 1.54) is 6.07 Å². The minimum Gasteiger partial charge on any atom is -0.493 e. The number of likely N-dealkylation sites (N-methyl/N-ethyl adjacent to an activating group) is 1. The number of anilines is 1. The van der Waals surface area contributed by atoms with Gasteiger partial charge in [-0.2, -0.15) is 0 Å². The number of ether oxygens (including phenoxy) is 4. The Balaban J connectivity index is 1.39. The molecule has 2 aromatic carbocycles. The number of fused-ring (bicyclic) bond motifs is 4. The Morgan fingerprint density at radius 1 is 1.08 bits per heavy atom. The SMILES string of the molecule is CCN(CC)CCO[C@H]1/C=C\COC(C)(C)C(=O)NS(=O)(=O)c2ccc3c(c2)N(C[C@@H]2CC[C@H]21)C[C@@]1(CCOc2cc(Cl)ccc21)CO3. The van der Waals surface area contributed by atoms with Gasteiger partial charge in [-0.3, -0.25) is 4.79 Å². The van der Waals surface area contributed by atoms with E-state index >= 15 is 0 Å². The van der Waals surface area contributed by atoms with Gasteiger partial charge in [0.15, 0.2) is 0 Å². The molecule has 0 unspecified atom stereocenters. The lowest BCUT2D eigenvalue weighted by molar-refractivity contribution is -0.139. The van der Waals surface area contributed by atoms with Crippen LogP contribution in [-0.2, 0) is 29.7 Å². The van der Waals surface area contributed by atoms with E-state index in [0.717, 1.165) is 50.2 Å². The fraction of sp³-hybridized carbons (Fsp3) is 0.583. The van der Waals surface area contributed by atoms with Crippen molar-refractivity contribution in [3.63, 3.8) is 0 Å². The third kappa shape index (κ3) is 7.21. The number of hydrogen-bond donors (Lipinski definition) is 1. The Bertz CT molecular complexity index is 1630. The second-order valence-corrected chi connectivity index (χ2v) is 16.0. The first-order valence-electron chi connectivity index (χ1n) is 17.1. The van der Waals surface area contributed by atoms with Crippen LogP contribution in [0.15, 0.2) is 53.4 Å². The molecule has 12 heteroatoms. The van der Waals surface area contributed by atoms with Gasteiger partial charge in [-0.25, -0.2) is 13.1 Å². The standard InChI is InChI=1S/C36H48ClN3O7S/c1-5-39(6-2)16-19-45-31-8-7-17-47-35(3,4)34(41)38-48(42,43)27-11-14-32-30(21-27)40(22-25-9-12-28(25)31)23-36(24-46-32)15-18-44-33-20-26(37)10-13-29(33)36/h7-8,10-11,13-14,20-21,25,28,31H,5-6,9,12,15-19,22-24H2,1-4H3,(H,38,41)/b8-7-/t25-,28+,31-,36-/m0/s1. The van der Waals surface area contributed by atoms with Crippen molar-refractivity contribution >= 4 is 33.2 Å². The van der Waals surface area contributed by atoms with Crippen LogP contribution in [0.4, 0.5) is 5.69 Å². The van der Waals surface area contributed by atoms with E-state index in [4.69, 9.17) is 30.5 Å². The minimum absolute atomic E-state index is 0.0103. The highest BCUT2D eigenvalue weighted by Crippen LogP contribution is 2.47. The summed E-state index contributed by atoms with van der Waals surface area (Å²) in [6, 6.07) is 10.6. The smallest absolute Gasteiger partial charge is 0.265 e. The second-order valence-electron chi connectivity index (χ2n) is 13.9. The molecule has 10 nitrogen and oxygen atoms in total. The van der Waals surface area contributed by atoms with Gasteiger partial charge < -0.3 is 28.7 Å². The van der Waals surface area contributed by atoms with Crippen LogP contribution in [0.3, 0.4) is 0 Å². The average Bonchev–Trinajstić information content (AvgIpc) is 3.19. The predicted molar refractivity (Wildman–Crippen MR) is 186 cm³/mol. The summed E-state index contributed by atoms with van der Waals surface area (Å²) in [5, 5.41) is 0.608. The molecule has 0 radical (unpaired) electrons. The Labute approximate surface area is 289 Å². The number of amides is 1. The molecule has 2 bridgehead atoms. The molecular formula is C36H48ClN3O7S. The third-order valence-corrected chi connectivity index (χ3v) is 12.1. The fourth-order valence-electron chi connectivity index (χ4n) is 7.30. The first kappa shape index (κ1) is 35.0. The Morgan fingerprint density at radius 2 is 1.90 bits per heavy atom. The van der Waals surface area contributed by atoms with E-state index in [2.05, 4.69) is 34.4 Å². The van der Waals surface area contributed by atoms with Gasteiger partial charge >= 0.3 is 0 Å². The number of carbonyl (C=O) groups is 1. The van der Waals surface area contributed by atoms with Crippen molar-refractivity contribution in [2.24, 2.45) is 11.8 Å². The molecule has 2 aromatic rings. The van der Waals surface area contributed by atoms with Crippen LogP contribution in [-0.4, -0.2) is 90.1 Å². The summed E-state index contributed by atoms with van der Waals surface area (Å²) in [6.45, 7) is 13.2. The van der Waals surface area contributed by atoms with E-state index in [1.54, 1.807) is 26.0 Å². The molecule has 262 valence electrons. The molecule has 1 fully saturated rings. The molecule has 1 amide bonds. The summed E-state index contributed by atoms with van der Waals surface area (Å²) in [7, 11) is -4.21. The Morgan fingerprint density at radius 3 is 2.65 bits per heavy atom. The largest absolute Gasteiger partial charge is 0.493 e. The number of nitrogens with zero attached hydrogens (tertiary/aromatic N) is 2. The molecule has 4 aliphatic rings. The Kier molecular flexibility index (Phi) is 10.3. The monoisotopic (exact) mass is 701 g/mol. The van der Waals surface area contributed by atoms with Crippen molar-refractivity contribution in [2.75, 3.05) is 64.1 Å². The van der Waals surface area contributed by atoms with Gasteiger partial charge in [-0.05, 0) is 88.4 Å². The van der Waals surface area contributed by atoms with Crippen LogP contribution in [0.25, 0.3) is 0 Å². The lowest BCUT2D eigenvalue weighted by Gasteiger charge is -2.46. The van der Waals surface area contributed by atoms with Crippen molar-refractivity contribution in [1.29, 1.82) is 0 Å². The van der Waals surface area contributed by atoms with Gasteiger partial charge in [0.05, 0.1) is 48.5 Å². The maximum absolute atomic E-state index is 13.6. The number of sulfonamides is 1. The summed E-state index contributed by atoms with van der Waals surface area (Å²) < 4.78 is 54.6. The molecule has 1 aliphatic carbocycles. The molecule has 3 aliphatic heterocycles. The number of benzene rings is 2. The van der Waals surface area contributed by atoms with Gasteiger partial charge in [0, 0.05) is 30.2 Å². The van der Waals surface area contributed by atoms with Crippen molar-refractivity contribution < 1.29 is 32.2 Å². The van der Waals surface area contributed by atoms with Gasteiger partial charge in [-0.1, -0.05) is 43.7 Å². The predicted octanol–water partition coefficient (Wildman–Crippen LogP) is 5.18. The minimum atomic E-state index is -4.21. The number of hydrogen-bond acceptors (Lipinski definition) is 9. The van der Waals surface area contributed by atoms with Gasteiger partial charge in [0.2, 0.25) is 0 Å². The highest BCUT2D eigenvalue weighted by Gasteiger charge is 2.45. The first-order chi connectivity index (χ1) is 22.9. The van der Waals surface area contributed by atoms with Crippen molar-refractivity contribution in [3.8, 4) is 11.5 Å². The van der Waals surface area contributed by atoms with E-state index in [9.17, 15) is 13.2 Å². The molecule has 0 saturated heterocycles. The Hall–Kier alpha value is -2.83. The first-order valence-corrected chi connectivity index (χ1v) is 19.0. The zero-order valence-corrected chi connectivity index (χ0v) is 29.9. The second kappa shape index (κ2) is 14.2. The lowest BCUT2D eigenvalue weighted by Crippen LogP contribution is -2.50. The fourth-order valence-corrected chi connectivity index (χ4v) is 8.58. The number of halogens is 1. The molecule has 6 rings (SSSR count). The molecule has 1 N–H and O–H groups in total. The van der Waals surface area contributed by atoms with E-state index < -0.39 is 26.9 Å². The maximum atomic E-state index is 13.6. The number of nitrogens with one attached hydrogen (secondary N) is 1. The lowest BCUT2D eigenvalue weighted by atomic mass is 9.69. The topological polar surface area (TPSA) is 107 Å². The maximum Gasteiger partial charge on any atom is 0.265 e. The van der Waals surface area contributed by atoms with Crippen LogP contribution in [0.1, 0.15) is 52.5 Å². The number of rotatable bonds is 6. The van der Waals surface area contributed by atoms with Gasteiger partial charge in [-0.15, -0.1) is 0 Å². The number of carbonyl (C=O) groups excluding carboxylic acids is 1. The molecule has 0 aromatic heterocycles. The van der Waals surface area contributed by atoms with E-state index in [1.807, 2.05) is 24.3 Å². The van der Waals surface area contributed by atoms with Gasteiger partial charge in [0.25, 0.3) is 15.9 Å². The summed E-state index contributed by atoms with van der Waals surface area (Å²) in [4.78, 5) is 17.9. The summed E-state index contributed by atoms with van der Waals surface area (Å²) >= 11 is 6.37. The van der Waals surface area contributed by atoms with E-state index in [-0.39, 0.29) is 23.5 Å². The van der Waals surface area contributed by atoms with Gasteiger partial charge in [0.1, 0.15) is 17.1 Å². The van der Waals surface area contributed by atoms with Crippen LogP contribution in [0, 0.1) is 11.8 Å². The molecule has 4 atom stereocenters. The highest BCUT2D eigenvalue weighted by atomic mass is 35.5. The van der Waals surface area contributed by atoms with Crippen LogP contribution >= 0.6 is 11.6 Å². The quantitative estimate of drug-likeness (QED) is 0.408. The zero-order chi connectivity index (χ0) is 34.1. The van der Waals surface area contributed by atoms with Crippen molar-refractivity contribution in [2.45, 2.75) is 69.0 Å². The summed E-state index contributed by atoms with van der Waals surface area (Å²) in [5.41, 5.74) is -0.0805. The van der Waals surface area contributed by atoms with Crippen LogP contribution < -0.4 is 19.1 Å². The van der Waals surface area contributed by atoms with E-state index in [0.29, 0.717) is 55.3 Å². The third-order valence-electron chi connectivity index (χ3n) is 10.5. The highest BCUT2D eigenvalue weighted by molar-refractivity contribution is 7.90. The molecular weight excluding hydrogens is 654 g/mol. The van der Waals surface area contributed by atoms with Crippen molar-refractivity contribution in [1.82, 2.24) is 9.62 Å². The molecule has 1 saturated carbocycles. The normalized spacial score (nSPS) is 28.6. The van der Waals surface area contributed by atoms with Crippen molar-refractivity contribution in [3.05, 3.63) is 59.1 Å². The zero-order valence-electron chi connectivity index (χ0n) is 28.4. The van der Waals surface area contributed by atoms with Crippen LogP contribution in [0.5, 0.6) is 11.5 Å². The average molecular weight is 702 g/mol. The molecule has 48 heavy (non-hydrogen) atoms. The summed E-state index contributed by atoms with van der Waals surface area (Å²) in [5.74, 6) is 1.17. The summed E-state index contributed by atoms with van der Waals surface area (Å²) in [6.07, 6.45) is 6.62. The molecule has 3 heterocycles. The molecule has 1 spiro atoms.